The minimum atomic E-state index is -6.06. The molecular formula is C12H13F5O5. The van der Waals surface area contributed by atoms with Crippen LogP contribution >= 0.6 is 0 Å². The third-order valence-corrected chi connectivity index (χ3v) is 1.96. The highest BCUT2D eigenvalue weighted by Crippen LogP contribution is 2.36. The fourth-order valence-corrected chi connectivity index (χ4v) is 0.902. The molecule has 0 spiro atoms. The maximum Gasteiger partial charge on any atom is 0.465 e. The van der Waals surface area contributed by atoms with E-state index in [1.807, 2.05) is 0 Å². The van der Waals surface area contributed by atoms with Gasteiger partial charge in [-0.1, -0.05) is 12.7 Å². The van der Waals surface area contributed by atoms with Gasteiger partial charge in [0.2, 0.25) is 0 Å². The molecule has 22 heavy (non-hydrogen) atoms. The van der Waals surface area contributed by atoms with E-state index in [1.165, 1.54) is 6.08 Å². The van der Waals surface area contributed by atoms with Crippen molar-refractivity contribution >= 4 is 11.9 Å². The summed E-state index contributed by atoms with van der Waals surface area (Å²) in [4.78, 5) is 21.8. The molecule has 0 N–H and O–H groups in total. The summed E-state index contributed by atoms with van der Waals surface area (Å²) in [5.74, 6) is -9.37. The van der Waals surface area contributed by atoms with Gasteiger partial charge in [-0.15, -0.1) is 6.58 Å². The standard InChI is InChI=1S/C12H13F5O5/c1-3-4-20-7-8(2)9(18)21-5-6-22-10(19)11(13,14)12(15,16)17/h3H,1-2,4-7H2. The molecule has 0 aromatic rings. The van der Waals surface area contributed by atoms with Crippen LogP contribution in [0.3, 0.4) is 0 Å². The molecule has 0 aliphatic heterocycles. The highest BCUT2D eigenvalue weighted by molar-refractivity contribution is 5.88. The molecule has 0 aromatic carbocycles. The molecule has 0 rings (SSSR count). The van der Waals surface area contributed by atoms with Crippen LogP contribution in [0.2, 0.25) is 0 Å². The zero-order valence-electron chi connectivity index (χ0n) is 11.3. The van der Waals surface area contributed by atoms with Crippen LogP contribution in [0.5, 0.6) is 0 Å². The van der Waals surface area contributed by atoms with E-state index in [2.05, 4.69) is 22.6 Å². The summed E-state index contributed by atoms with van der Waals surface area (Å²) in [6.07, 6.45) is -4.64. The lowest BCUT2D eigenvalue weighted by molar-refractivity contribution is -0.280. The van der Waals surface area contributed by atoms with Crippen LogP contribution in [0.1, 0.15) is 0 Å². The number of hydrogen-bond donors (Lipinski definition) is 0. The van der Waals surface area contributed by atoms with Crippen molar-refractivity contribution in [2.75, 3.05) is 26.4 Å². The lowest BCUT2D eigenvalue weighted by Gasteiger charge is -2.17. The molecule has 126 valence electrons. The number of halogens is 5. The molecule has 0 aliphatic rings. The van der Waals surface area contributed by atoms with E-state index in [0.29, 0.717) is 0 Å². The summed E-state index contributed by atoms with van der Waals surface area (Å²) < 4.78 is 73.3. The van der Waals surface area contributed by atoms with Crippen LogP contribution in [0, 0.1) is 0 Å². The van der Waals surface area contributed by atoms with Gasteiger partial charge in [-0.25, -0.2) is 9.59 Å². The lowest BCUT2D eigenvalue weighted by Crippen LogP contribution is -2.45. The largest absolute Gasteiger partial charge is 0.465 e. The minimum absolute atomic E-state index is 0.117. The van der Waals surface area contributed by atoms with Crippen molar-refractivity contribution in [1.29, 1.82) is 0 Å². The second-order valence-electron chi connectivity index (χ2n) is 3.75. The van der Waals surface area contributed by atoms with Crippen LogP contribution in [0.25, 0.3) is 0 Å². The van der Waals surface area contributed by atoms with Gasteiger partial charge in [-0.05, 0) is 0 Å². The van der Waals surface area contributed by atoms with E-state index >= 15 is 0 Å². The Hall–Kier alpha value is -1.97. The molecule has 0 saturated carbocycles. The van der Waals surface area contributed by atoms with Crippen molar-refractivity contribution in [3.05, 3.63) is 24.8 Å². The number of rotatable bonds is 9. The van der Waals surface area contributed by atoms with Gasteiger partial charge < -0.3 is 14.2 Å². The molecular weight excluding hydrogens is 319 g/mol. The molecule has 0 saturated heterocycles. The SMILES string of the molecule is C=CCOCC(=C)C(=O)OCCOC(=O)C(F)(F)C(F)(F)F. The summed E-state index contributed by atoms with van der Waals surface area (Å²) in [6.45, 7) is 4.95. The predicted molar refractivity (Wildman–Crippen MR) is 63.1 cm³/mol. The third-order valence-electron chi connectivity index (χ3n) is 1.96. The first kappa shape index (κ1) is 20.0. The third kappa shape index (κ3) is 6.20. The van der Waals surface area contributed by atoms with Gasteiger partial charge in [0.15, 0.2) is 0 Å². The van der Waals surface area contributed by atoms with Gasteiger partial charge in [-0.3, -0.25) is 0 Å². The Morgan fingerprint density at radius 2 is 1.59 bits per heavy atom. The first-order valence-electron chi connectivity index (χ1n) is 5.69. The van der Waals surface area contributed by atoms with Crippen LogP contribution < -0.4 is 0 Å². The smallest absolute Gasteiger partial charge is 0.459 e. The van der Waals surface area contributed by atoms with E-state index < -0.39 is 37.3 Å². The van der Waals surface area contributed by atoms with Crippen molar-refractivity contribution in [2.45, 2.75) is 12.1 Å². The molecule has 0 atom stereocenters. The Morgan fingerprint density at radius 1 is 1.05 bits per heavy atom. The molecule has 0 radical (unpaired) electrons. The Balaban J connectivity index is 4.08. The summed E-state index contributed by atoms with van der Waals surface area (Å²) in [5.41, 5.74) is -0.117. The molecule has 0 amide bonds. The maximum atomic E-state index is 12.5. The minimum Gasteiger partial charge on any atom is -0.459 e. The van der Waals surface area contributed by atoms with E-state index in [4.69, 9.17) is 4.74 Å². The molecule has 0 aliphatic carbocycles. The summed E-state index contributed by atoms with van der Waals surface area (Å²) >= 11 is 0. The van der Waals surface area contributed by atoms with Gasteiger partial charge in [0, 0.05) is 0 Å². The van der Waals surface area contributed by atoms with Gasteiger partial charge in [0.25, 0.3) is 0 Å². The summed E-state index contributed by atoms with van der Waals surface area (Å²) in [7, 11) is 0. The highest BCUT2D eigenvalue weighted by atomic mass is 19.4. The lowest BCUT2D eigenvalue weighted by atomic mass is 10.3. The quantitative estimate of drug-likeness (QED) is 0.213. The normalized spacial score (nSPS) is 11.7. The van der Waals surface area contributed by atoms with Crippen molar-refractivity contribution in [2.24, 2.45) is 0 Å². The van der Waals surface area contributed by atoms with Crippen LogP contribution in [0.15, 0.2) is 24.8 Å². The Morgan fingerprint density at radius 3 is 2.09 bits per heavy atom. The average Bonchev–Trinajstić information content (AvgIpc) is 2.41. The second-order valence-corrected chi connectivity index (χ2v) is 3.75. The van der Waals surface area contributed by atoms with Gasteiger partial charge in [-0.2, -0.15) is 22.0 Å². The number of hydrogen-bond acceptors (Lipinski definition) is 5. The zero-order chi connectivity index (χ0) is 17.4. The predicted octanol–water partition coefficient (Wildman–Crippen LogP) is 2.03. The first-order valence-corrected chi connectivity index (χ1v) is 5.69. The molecule has 0 aromatic heterocycles. The molecule has 5 nitrogen and oxygen atoms in total. The van der Waals surface area contributed by atoms with E-state index in [1.54, 1.807) is 0 Å². The molecule has 0 unspecified atom stereocenters. The average molecular weight is 332 g/mol. The molecule has 0 fully saturated rings. The summed E-state index contributed by atoms with van der Waals surface area (Å²) in [5, 5.41) is 0. The highest BCUT2D eigenvalue weighted by Gasteiger charge is 2.64. The Labute approximate surface area is 122 Å². The zero-order valence-corrected chi connectivity index (χ0v) is 11.3. The fraction of sp³-hybridized carbons (Fsp3) is 0.500. The fourth-order valence-electron chi connectivity index (χ4n) is 0.902. The van der Waals surface area contributed by atoms with Crippen molar-refractivity contribution in [3.63, 3.8) is 0 Å². The summed E-state index contributed by atoms with van der Waals surface area (Å²) in [6, 6.07) is 0. The van der Waals surface area contributed by atoms with Crippen LogP contribution in [-0.4, -0.2) is 50.5 Å². The van der Waals surface area contributed by atoms with E-state index in [0.717, 1.165) is 0 Å². The Kier molecular flexibility index (Phi) is 7.71. The molecule has 0 bridgehead atoms. The van der Waals surface area contributed by atoms with Gasteiger partial charge in [0.05, 0.1) is 18.8 Å². The maximum absolute atomic E-state index is 12.5. The van der Waals surface area contributed by atoms with Crippen molar-refractivity contribution in [3.8, 4) is 0 Å². The number of esters is 2. The van der Waals surface area contributed by atoms with Gasteiger partial charge in [0.1, 0.15) is 13.2 Å². The van der Waals surface area contributed by atoms with E-state index in [9.17, 15) is 31.5 Å². The topological polar surface area (TPSA) is 61.8 Å². The Bertz CT molecular complexity index is 430. The first-order chi connectivity index (χ1) is 10.0. The van der Waals surface area contributed by atoms with Gasteiger partial charge >= 0.3 is 24.0 Å². The number of carbonyl (C=O) groups excluding carboxylic acids is 2. The van der Waals surface area contributed by atoms with Crippen molar-refractivity contribution < 1.29 is 45.8 Å². The molecule has 10 heteroatoms. The van der Waals surface area contributed by atoms with Crippen molar-refractivity contribution in [1.82, 2.24) is 0 Å². The monoisotopic (exact) mass is 332 g/mol. The number of ether oxygens (including phenoxy) is 3. The van der Waals surface area contributed by atoms with Crippen LogP contribution in [0.4, 0.5) is 22.0 Å². The van der Waals surface area contributed by atoms with E-state index in [-0.39, 0.29) is 18.8 Å². The van der Waals surface area contributed by atoms with Crippen LogP contribution in [-0.2, 0) is 23.8 Å². The number of carbonyl (C=O) groups is 2. The second kappa shape index (κ2) is 8.47. The molecule has 0 heterocycles. The number of alkyl halides is 5.